The summed E-state index contributed by atoms with van der Waals surface area (Å²) in [6.45, 7) is 7.92. The molecule has 138 valence electrons. The van der Waals surface area contributed by atoms with Crippen molar-refractivity contribution < 1.29 is 9.59 Å². The van der Waals surface area contributed by atoms with Crippen LogP contribution in [-0.2, 0) is 9.59 Å². The van der Waals surface area contributed by atoms with Crippen LogP contribution in [0.3, 0.4) is 0 Å². The highest BCUT2D eigenvalue weighted by Crippen LogP contribution is 2.20. The predicted molar refractivity (Wildman–Crippen MR) is 108 cm³/mol. The van der Waals surface area contributed by atoms with Gasteiger partial charge < -0.3 is 15.5 Å². The van der Waals surface area contributed by atoms with Crippen molar-refractivity contribution in [2.45, 2.75) is 27.2 Å². The number of rotatable bonds is 7. The Bertz CT molecular complexity index is 771. The topological polar surface area (TPSA) is 61.4 Å². The summed E-state index contributed by atoms with van der Waals surface area (Å²) >= 11 is 6.03. The molecule has 2 aromatic rings. The molecule has 0 aliphatic heterocycles. The van der Waals surface area contributed by atoms with Crippen LogP contribution in [0.25, 0.3) is 0 Å². The highest BCUT2D eigenvalue weighted by atomic mass is 35.5. The second kappa shape index (κ2) is 9.25. The molecule has 0 aromatic heterocycles. The molecule has 2 rings (SSSR count). The first-order valence-electron chi connectivity index (χ1n) is 8.63. The van der Waals surface area contributed by atoms with Crippen LogP contribution in [0.5, 0.6) is 0 Å². The quantitative estimate of drug-likeness (QED) is 0.704. The van der Waals surface area contributed by atoms with E-state index in [1.165, 1.54) is 0 Å². The fourth-order valence-corrected chi connectivity index (χ4v) is 2.75. The van der Waals surface area contributed by atoms with Crippen LogP contribution in [-0.4, -0.2) is 24.9 Å². The van der Waals surface area contributed by atoms with E-state index in [1.807, 2.05) is 37.3 Å². The summed E-state index contributed by atoms with van der Waals surface area (Å²) in [7, 11) is 0. The zero-order valence-corrected chi connectivity index (χ0v) is 16.1. The Hall–Kier alpha value is -2.53. The van der Waals surface area contributed by atoms with Gasteiger partial charge in [-0.05, 0) is 62.7 Å². The normalized spacial score (nSPS) is 10.3. The molecule has 2 aromatic carbocycles. The van der Waals surface area contributed by atoms with Crippen molar-refractivity contribution in [2.24, 2.45) is 0 Å². The predicted octanol–water partition coefficient (Wildman–Crippen LogP) is 4.46. The highest BCUT2D eigenvalue weighted by molar-refractivity contribution is 6.31. The van der Waals surface area contributed by atoms with E-state index < -0.39 is 0 Å². The molecule has 0 aliphatic rings. The summed E-state index contributed by atoms with van der Waals surface area (Å²) in [6, 6.07) is 12.8. The maximum absolute atomic E-state index is 12.1. The van der Waals surface area contributed by atoms with Crippen molar-refractivity contribution in [2.75, 3.05) is 28.6 Å². The third-order valence-corrected chi connectivity index (χ3v) is 4.46. The minimum absolute atomic E-state index is 0.261. The van der Waals surface area contributed by atoms with Gasteiger partial charge in [0.1, 0.15) is 6.42 Å². The molecule has 2 amide bonds. The SMILES string of the molecule is CCN(CC)c1ccc(NC(=O)CC(=O)Nc2ccc(C)c(Cl)c2)cc1. The van der Waals surface area contributed by atoms with Gasteiger partial charge in [-0.1, -0.05) is 17.7 Å². The Kier molecular flexibility index (Phi) is 7.04. The van der Waals surface area contributed by atoms with Crippen LogP contribution in [0, 0.1) is 6.92 Å². The number of carbonyl (C=O) groups excluding carboxylic acids is 2. The molecular weight excluding hydrogens is 350 g/mol. The molecule has 0 unspecified atom stereocenters. The third-order valence-electron chi connectivity index (χ3n) is 4.06. The van der Waals surface area contributed by atoms with Gasteiger partial charge in [-0.25, -0.2) is 0 Å². The number of carbonyl (C=O) groups is 2. The van der Waals surface area contributed by atoms with E-state index in [4.69, 9.17) is 11.6 Å². The Balaban J connectivity index is 1.89. The van der Waals surface area contributed by atoms with Gasteiger partial charge in [0.05, 0.1) is 0 Å². The number of hydrogen-bond acceptors (Lipinski definition) is 3. The van der Waals surface area contributed by atoms with Crippen LogP contribution >= 0.6 is 11.6 Å². The number of benzene rings is 2. The maximum Gasteiger partial charge on any atom is 0.233 e. The first kappa shape index (κ1) is 19.8. The lowest BCUT2D eigenvalue weighted by molar-refractivity contribution is -0.123. The van der Waals surface area contributed by atoms with Crippen molar-refractivity contribution in [3.8, 4) is 0 Å². The second-order valence-electron chi connectivity index (χ2n) is 5.96. The van der Waals surface area contributed by atoms with Crippen molar-refractivity contribution in [3.05, 3.63) is 53.1 Å². The minimum atomic E-state index is -0.387. The average Bonchev–Trinajstić information content (AvgIpc) is 2.60. The van der Waals surface area contributed by atoms with Gasteiger partial charge in [-0.2, -0.15) is 0 Å². The molecule has 6 heteroatoms. The third kappa shape index (κ3) is 5.49. The van der Waals surface area contributed by atoms with Gasteiger partial charge in [-0.3, -0.25) is 9.59 Å². The van der Waals surface area contributed by atoms with E-state index >= 15 is 0 Å². The lowest BCUT2D eigenvalue weighted by Crippen LogP contribution is -2.22. The average molecular weight is 374 g/mol. The minimum Gasteiger partial charge on any atom is -0.372 e. The molecule has 0 atom stereocenters. The lowest BCUT2D eigenvalue weighted by atomic mass is 10.2. The summed E-state index contributed by atoms with van der Waals surface area (Å²) in [5, 5.41) is 5.98. The van der Waals surface area contributed by atoms with Gasteiger partial charge in [0.25, 0.3) is 0 Å². The summed E-state index contributed by atoms with van der Waals surface area (Å²) < 4.78 is 0. The van der Waals surface area contributed by atoms with Crippen LogP contribution in [0.15, 0.2) is 42.5 Å². The lowest BCUT2D eigenvalue weighted by Gasteiger charge is -2.21. The van der Waals surface area contributed by atoms with E-state index in [0.717, 1.165) is 24.3 Å². The van der Waals surface area contributed by atoms with Crippen LogP contribution < -0.4 is 15.5 Å². The fraction of sp³-hybridized carbons (Fsp3) is 0.300. The Morgan fingerprint density at radius 3 is 2.00 bits per heavy atom. The largest absolute Gasteiger partial charge is 0.372 e. The van der Waals surface area contributed by atoms with Gasteiger partial charge >= 0.3 is 0 Å². The first-order valence-corrected chi connectivity index (χ1v) is 9.01. The van der Waals surface area contributed by atoms with E-state index in [2.05, 4.69) is 29.4 Å². The Morgan fingerprint density at radius 1 is 0.923 bits per heavy atom. The molecule has 0 fully saturated rings. The Morgan fingerprint density at radius 2 is 1.46 bits per heavy atom. The molecule has 5 nitrogen and oxygen atoms in total. The number of halogens is 1. The molecule has 0 saturated carbocycles. The zero-order chi connectivity index (χ0) is 19.1. The monoisotopic (exact) mass is 373 g/mol. The molecule has 26 heavy (non-hydrogen) atoms. The van der Waals surface area contributed by atoms with Gasteiger partial charge in [-0.15, -0.1) is 0 Å². The molecule has 0 heterocycles. The highest BCUT2D eigenvalue weighted by Gasteiger charge is 2.11. The van der Waals surface area contributed by atoms with Gasteiger partial charge in [0.2, 0.25) is 11.8 Å². The molecule has 0 saturated heterocycles. The summed E-state index contributed by atoms with van der Waals surface area (Å²) in [5.41, 5.74) is 3.26. The number of nitrogens with one attached hydrogen (secondary N) is 2. The van der Waals surface area contributed by atoms with E-state index in [-0.39, 0.29) is 18.2 Å². The van der Waals surface area contributed by atoms with Crippen molar-refractivity contribution in [1.82, 2.24) is 0 Å². The van der Waals surface area contributed by atoms with Gasteiger partial charge in [0, 0.05) is 35.2 Å². The van der Waals surface area contributed by atoms with E-state index in [9.17, 15) is 9.59 Å². The van der Waals surface area contributed by atoms with Crippen LogP contribution in [0.1, 0.15) is 25.8 Å². The number of nitrogens with zero attached hydrogens (tertiary/aromatic N) is 1. The van der Waals surface area contributed by atoms with E-state index in [0.29, 0.717) is 16.4 Å². The number of anilines is 3. The number of aryl methyl sites for hydroxylation is 1. The summed E-state index contributed by atoms with van der Waals surface area (Å²) in [4.78, 5) is 26.3. The van der Waals surface area contributed by atoms with Crippen molar-refractivity contribution >= 4 is 40.5 Å². The molecule has 0 spiro atoms. The fourth-order valence-electron chi connectivity index (χ4n) is 2.57. The Labute approximate surface area is 159 Å². The first-order chi connectivity index (χ1) is 12.4. The number of hydrogen-bond donors (Lipinski definition) is 2. The summed E-state index contributed by atoms with van der Waals surface area (Å²) in [5.74, 6) is -0.751. The van der Waals surface area contributed by atoms with Gasteiger partial charge in [0.15, 0.2) is 0 Å². The zero-order valence-electron chi connectivity index (χ0n) is 15.3. The van der Waals surface area contributed by atoms with Crippen molar-refractivity contribution in [1.29, 1.82) is 0 Å². The second-order valence-corrected chi connectivity index (χ2v) is 6.36. The number of amides is 2. The maximum atomic E-state index is 12.1. The molecule has 2 N–H and O–H groups in total. The molecule has 0 bridgehead atoms. The van der Waals surface area contributed by atoms with Crippen LogP contribution in [0.4, 0.5) is 17.1 Å². The van der Waals surface area contributed by atoms with Crippen molar-refractivity contribution in [3.63, 3.8) is 0 Å². The molecule has 0 radical (unpaired) electrons. The standard InChI is InChI=1S/C20H24ClN3O2/c1-4-24(5-2)17-10-8-15(9-11-17)22-19(25)13-20(26)23-16-7-6-14(3)18(21)12-16/h6-12H,4-5,13H2,1-3H3,(H,22,25)(H,23,26). The molecule has 0 aliphatic carbocycles. The molecular formula is C20H24ClN3O2. The summed E-state index contributed by atoms with van der Waals surface area (Å²) in [6.07, 6.45) is -0.261. The van der Waals surface area contributed by atoms with E-state index in [1.54, 1.807) is 12.1 Å². The van der Waals surface area contributed by atoms with Crippen LogP contribution in [0.2, 0.25) is 5.02 Å². The smallest absolute Gasteiger partial charge is 0.233 e.